The van der Waals surface area contributed by atoms with Gasteiger partial charge in [-0.15, -0.1) is 0 Å². The van der Waals surface area contributed by atoms with Crippen molar-refractivity contribution in [2.75, 3.05) is 14.2 Å². The molecule has 4 saturated carbocycles. The van der Waals surface area contributed by atoms with E-state index in [0.717, 1.165) is 23.3 Å². The molecule has 4 fully saturated rings. The molecule has 128 valence electrons. The number of rotatable bonds is 3. The summed E-state index contributed by atoms with van der Waals surface area (Å²) in [7, 11) is 2.75. The van der Waals surface area contributed by atoms with Crippen LogP contribution in [0.5, 0.6) is 0 Å². The molecule has 0 amide bonds. The van der Waals surface area contributed by atoms with Crippen molar-refractivity contribution in [3.63, 3.8) is 0 Å². The second kappa shape index (κ2) is 5.61. The lowest BCUT2D eigenvalue weighted by atomic mass is 9.48. The first kappa shape index (κ1) is 15.7. The summed E-state index contributed by atoms with van der Waals surface area (Å²) < 4.78 is 9.78. The predicted molar refractivity (Wildman–Crippen MR) is 89.0 cm³/mol. The lowest BCUT2D eigenvalue weighted by Gasteiger charge is -2.57. The van der Waals surface area contributed by atoms with Gasteiger partial charge in [-0.05, 0) is 85.5 Å². The van der Waals surface area contributed by atoms with Gasteiger partial charge in [0.25, 0.3) is 0 Å². The quantitative estimate of drug-likeness (QED) is 0.793. The molecule has 0 spiro atoms. The summed E-state index contributed by atoms with van der Waals surface area (Å²) in [6, 6.07) is 5.48. The summed E-state index contributed by atoms with van der Waals surface area (Å²) in [5.41, 5.74) is 2.16. The zero-order valence-corrected chi connectivity index (χ0v) is 14.3. The maximum Gasteiger partial charge on any atom is 0.337 e. The molecule has 24 heavy (non-hydrogen) atoms. The number of ether oxygens (including phenoxy) is 2. The molecule has 4 nitrogen and oxygen atoms in total. The molecule has 0 saturated heterocycles. The van der Waals surface area contributed by atoms with Crippen LogP contribution in [0.2, 0.25) is 0 Å². The summed E-state index contributed by atoms with van der Waals surface area (Å²) in [6.45, 7) is 0. The SMILES string of the molecule is COC(=O)c1cc(C(=O)OC)cc(C23CC4CC(CC(C4)C2)C3)c1. The molecule has 0 radical (unpaired) electrons. The number of hydrogen-bond acceptors (Lipinski definition) is 4. The van der Waals surface area contributed by atoms with E-state index >= 15 is 0 Å². The van der Waals surface area contributed by atoms with Gasteiger partial charge in [0.1, 0.15) is 0 Å². The van der Waals surface area contributed by atoms with Crippen molar-refractivity contribution < 1.29 is 19.1 Å². The Morgan fingerprint density at radius 3 is 1.62 bits per heavy atom. The predicted octanol–water partition coefficient (Wildman–Crippen LogP) is 3.73. The Kier molecular flexibility index (Phi) is 3.66. The molecular formula is C20H24O4. The van der Waals surface area contributed by atoms with E-state index in [4.69, 9.17) is 9.47 Å². The van der Waals surface area contributed by atoms with Crippen molar-refractivity contribution >= 4 is 11.9 Å². The topological polar surface area (TPSA) is 52.6 Å². The van der Waals surface area contributed by atoms with Crippen molar-refractivity contribution in [2.24, 2.45) is 17.8 Å². The average Bonchev–Trinajstić information content (AvgIpc) is 2.58. The van der Waals surface area contributed by atoms with Crippen molar-refractivity contribution in [3.05, 3.63) is 34.9 Å². The third kappa shape index (κ3) is 2.43. The summed E-state index contributed by atoms with van der Waals surface area (Å²) in [5.74, 6) is 1.62. The van der Waals surface area contributed by atoms with E-state index in [0.29, 0.717) is 11.1 Å². The first-order valence-electron chi connectivity index (χ1n) is 8.85. The smallest absolute Gasteiger partial charge is 0.337 e. The second-order valence-corrected chi connectivity index (χ2v) is 7.98. The van der Waals surface area contributed by atoms with E-state index in [9.17, 15) is 9.59 Å². The Balaban J connectivity index is 1.79. The Hall–Kier alpha value is -1.84. The Bertz CT molecular complexity index is 621. The number of carbonyl (C=O) groups is 2. The maximum absolute atomic E-state index is 12.1. The van der Waals surface area contributed by atoms with Gasteiger partial charge in [-0.1, -0.05) is 0 Å². The summed E-state index contributed by atoms with van der Waals surface area (Å²) in [5, 5.41) is 0. The summed E-state index contributed by atoms with van der Waals surface area (Å²) in [4.78, 5) is 24.2. The van der Waals surface area contributed by atoms with Gasteiger partial charge in [0, 0.05) is 0 Å². The first-order chi connectivity index (χ1) is 11.5. The first-order valence-corrected chi connectivity index (χ1v) is 8.85. The van der Waals surface area contributed by atoms with Gasteiger partial charge in [-0.2, -0.15) is 0 Å². The minimum atomic E-state index is -0.397. The molecule has 0 aliphatic heterocycles. The van der Waals surface area contributed by atoms with E-state index in [-0.39, 0.29) is 5.41 Å². The van der Waals surface area contributed by atoms with Crippen LogP contribution in [0.3, 0.4) is 0 Å². The van der Waals surface area contributed by atoms with Crippen LogP contribution in [0.15, 0.2) is 18.2 Å². The number of carbonyl (C=O) groups excluding carboxylic acids is 2. The third-order valence-corrected chi connectivity index (χ3v) is 6.43. The molecule has 4 heteroatoms. The molecule has 1 aromatic carbocycles. The van der Waals surface area contributed by atoms with Crippen molar-refractivity contribution in [1.29, 1.82) is 0 Å². The third-order valence-electron chi connectivity index (χ3n) is 6.43. The molecule has 4 bridgehead atoms. The number of esters is 2. The zero-order chi connectivity index (χ0) is 16.9. The van der Waals surface area contributed by atoms with Crippen LogP contribution in [0.4, 0.5) is 0 Å². The van der Waals surface area contributed by atoms with Gasteiger partial charge in [-0.3, -0.25) is 0 Å². The molecule has 0 aromatic heterocycles. The minimum absolute atomic E-state index is 0.127. The van der Waals surface area contributed by atoms with Gasteiger partial charge in [0.2, 0.25) is 0 Å². The highest BCUT2D eigenvalue weighted by atomic mass is 16.5. The fourth-order valence-electron chi connectivity index (χ4n) is 5.87. The molecule has 0 heterocycles. The van der Waals surface area contributed by atoms with Gasteiger partial charge < -0.3 is 9.47 Å². The van der Waals surface area contributed by atoms with Crippen LogP contribution in [0, 0.1) is 17.8 Å². The highest BCUT2D eigenvalue weighted by Crippen LogP contribution is 2.60. The van der Waals surface area contributed by atoms with Gasteiger partial charge in [0.05, 0.1) is 25.3 Å². The highest BCUT2D eigenvalue weighted by molar-refractivity contribution is 5.95. The Morgan fingerprint density at radius 1 is 0.833 bits per heavy atom. The molecular weight excluding hydrogens is 304 g/mol. The fraction of sp³-hybridized carbons (Fsp3) is 0.600. The van der Waals surface area contributed by atoms with E-state index < -0.39 is 11.9 Å². The minimum Gasteiger partial charge on any atom is -0.465 e. The van der Waals surface area contributed by atoms with Crippen LogP contribution >= 0.6 is 0 Å². The molecule has 0 unspecified atom stereocenters. The zero-order valence-electron chi connectivity index (χ0n) is 14.3. The van der Waals surface area contributed by atoms with E-state index in [1.54, 1.807) is 6.07 Å². The Morgan fingerprint density at radius 2 is 1.25 bits per heavy atom. The molecule has 1 aromatic rings. The lowest BCUT2D eigenvalue weighted by molar-refractivity contribution is -0.00526. The molecule has 0 atom stereocenters. The second-order valence-electron chi connectivity index (χ2n) is 7.98. The highest BCUT2D eigenvalue weighted by Gasteiger charge is 2.51. The Labute approximate surface area is 142 Å². The molecule has 0 N–H and O–H groups in total. The number of methoxy groups -OCH3 is 2. The van der Waals surface area contributed by atoms with E-state index in [1.165, 1.54) is 52.7 Å². The van der Waals surface area contributed by atoms with Crippen LogP contribution in [0.25, 0.3) is 0 Å². The van der Waals surface area contributed by atoms with Crippen molar-refractivity contribution in [1.82, 2.24) is 0 Å². The van der Waals surface area contributed by atoms with Crippen LogP contribution < -0.4 is 0 Å². The van der Waals surface area contributed by atoms with Gasteiger partial charge in [0.15, 0.2) is 0 Å². The van der Waals surface area contributed by atoms with Gasteiger partial charge in [-0.25, -0.2) is 9.59 Å². The normalized spacial score (nSPS) is 33.3. The summed E-state index contributed by atoms with van der Waals surface area (Å²) in [6.07, 6.45) is 7.64. The van der Waals surface area contributed by atoms with Crippen molar-refractivity contribution in [3.8, 4) is 0 Å². The fourth-order valence-corrected chi connectivity index (χ4v) is 5.87. The summed E-state index contributed by atoms with van der Waals surface area (Å²) >= 11 is 0. The van der Waals surface area contributed by atoms with Crippen LogP contribution in [-0.2, 0) is 14.9 Å². The molecule has 5 rings (SSSR count). The number of hydrogen-bond donors (Lipinski definition) is 0. The van der Waals surface area contributed by atoms with Crippen molar-refractivity contribution in [2.45, 2.75) is 43.9 Å². The van der Waals surface area contributed by atoms with E-state index in [2.05, 4.69) is 0 Å². The number of benzene rings is 1. The van der Waals surface area contributed by atoms with Crippen LogP contribution in [0.1, 0.15) is 64.8 Å². The average molecular weight is 328 g/mol. The molecule has 4 aliphatic rings. The monoisotopic (exact) mass is 328 g/mol. The van der Waals surface area contributed by atoms with E-state index in [1.807, 2.05) is 12.1 Å². The standard InChI is InChI=1S/C20H24O4/c1-23-18(21)15-6-16(19(22)24-2)8-17(7-15)20-9-12-3-13(10-20)5-14(4-12)11-20/h6-8,12-14H,3-5,9-11H2,1-2H3. The molecule has 4 aliphatic carbocycles. The maximum atomic E-state index is 12.1. The largest absolute Gasteiger partial charge is 0.465 e. The lowest BCUT2D eigenvalue weighted by Crippen LogP contribution is -2.48. The van der Waals surface area contributed by atoms with Crippen LogP contribution in [-0.4, -0.2) is 26.2 Å². The van der Waals surface area contributed by atoms with Gasteiger partial charge >= 0.3 is 11.9 Å².